The molecule has 250 valence electrons. The Labute approximate surface area is 254 Å². The Morgan fingerprint density at radius 1 is 0.870 bits per heavy atom. The number of ether oxygens (including phenoxy) is 2. The molecule has 4 aromatic rings. The van der Waals surface area contributed by atoms with Crippen molar-refractivity contribution in [2.24, 2.45) is 0 Å². The van der Waals surface area contributed by atoms with Crippen LogP contribution in [0.1, 0.15) is 12.5 Å². The normalized spacial score (nSPS) is 30.0. The van der Waals surface area contributed by atoms with Crippen molar-refractivity contribution < 1.29 is 62.2 Å². The lowest BCUT2D eigenvalue weighted by molar-refractivity contribution is -0.343. The zero-order valence-electron chi connectivity index (χ0n) is 22.8. The number of aromatic amines is 1. The third-order valence-corrected chi connectivity index (χ3v) is 8.51. The number of nitrogen functional groups attached to an aromatic ring is 2. The molecule has 2 aliphatic rings. The fraction of sp³-hybridized carbons (Fsp3) is 0.500. The molecular weight excluding hydrogens is 666 g/mol. The summed E-state index contributed by atoms with van der Waals surface area (Å²) in [6.07, 6.45) is -9.99. The van der Waals surface area contributed by atoms with Gasteiger partial charge in [0.05, 0.1) is 33.7 Å². The van der Waals surface area contributed by atoms with Crippen LogP contribution in [-0.2, 0) is 32.2 Å². The van der Waals surface area contributed by atoms with Crippen molar-refractivity contribution in [3.05, 3.63) is 29.3 Å². The van der Waals surface area contributed by atoms with Gasteiger partial charge >= 0.3 is 0 Å². The monoisotopic (exact) mass is 689 g/mol. The molecule has 8 N–H and O–H groups in total. The van der Waals surface area contributed by atoms with Crippen molar-refractivity contribution in [2.75, 3.05) is 24.7 Å². The molecule has 0 aliphatic carbocycles. The van der Waals surface area contributed by atoms with E-state index in [0.717, 1.165) is 17.2 Å². The Hall–Kier alpha value is -3.48. The molecule has 1 unspecified atom stereocenters. The fourth-order valence-electron chi connectivity index (χ4n) is 4.98. The minimum absolute atomic E-state index is 0.0381. The van der Waals surface area contributed by atoms with Gasteiger partial charge in [0.2, 0.25) is 5.95 Å². The van der Waals surface area contributed by atoms with E-state index in [1.807, 2.05) is 0 Å². The third-order valence-electron chi connectivity index (χ3n) is 7.08. The molecule has 46 heavy (non-hydrogen) atoms. The van der Waals surface area contributed by atoms with Crippen molar-refractivity contribution in [2.45, 2.75) is 49.1 Å². The lowest BCUT2D eigenvalue weighted by Gasteiger charge is -2.31. The van der Waals surface area contributed by atoms with Gasteiger partial charge < -0.3 is 69.1 Å². The SMILES string of the molecule is Nc1nc2c(ncn2[C@@H]2O[C@H](COP(=O)([O-])[O-])[C@@H](O)[C@H]2OP(=O)([O-])OC[C@H]2O[C@@H](n3cnc4c(N)ncnc43)[C@H](O)[C@@H]2O)c(=O)[nH]1. The van der Waals surface area contributed by atoms with Crippen LogP contribution in [0.4, 0.5) is 11.8 Å². The minimum Gasteiger partial charge on any atom is -0.790 e. The molecule has 6 heterocycles. The molecule has 2 aliphatic heterocycles. The average molecular weight is 689 g/mol. The molecule has 2 saturated heterocycles. The van der Waals surface area contributed by atoms with Crippen LogP contribution in [0.15, 0.2) is 23.8 Å². The number of phosphoric acid groups is 2. The van der Waals surface area contributed by atoms with Crippen LogP contribution in [0.25, 0.3) is 22.3 Å². The molecule has 6 rings (SSSR count). The summed E-state index contributed by atoms with van der Waals surface area (Å²) in [7, 11) is -11.0. The van der Waals surface area contributed by atoms with Crippen LogP contribution in [0, 0.1) is 0 Å². The van der Waals surface area contributed by atoms with E-state index in [-0.39, 0.29) is 34.1 Å². The number of hydrogen-bond donors (Lipinski definition) is 6. The van der Waals surface area contributed by atoms with Crippen LogP contribution in [0.3, 0.4) is 0 Å². The van der Waals surface area contributed by atoms with E-state index in [9.17, 15) is 43.9 Å². The number of aliphatic hydroxyl groups is 3. The molecule has 0 amide bonds. The number of imidazole rings is 2. The highest BCUT2D eigenvalue weighted by Gasteiger charge is 2.49. The molecule has 0 aromatic carbocycles. The largest absolute Gasteiger partial charge is 0.790 e. The molecule has 0 bridgehead atoms. The van der Waals surface area contributed by atoms with Crippen LogP contribution in [0.5, 0.6) is 0 Å². The summed E-state index contributed by atoms with van der Waals surface area (Å²) in [5.74, 6) is -0.321. The van der Waals surface area contributed by atoms with Gasteiger partial charge in [0.25, 0.3) is 13.4 Å². The molecular formula is C20H23N10O14P2-3. The van der Waals surface area contributed by atoms with Gasteiger partial charge in [0.15, 0.2) is 35.1 Å². The summed E-state index contributed by atoms with van der Waals surface area (Å²) in [5, 5.41) is 32.0. The van der Waals surface area contributed by atoms with Gasteiger partial charge in [-0.1, -0.05) is 0 Å². The Morgan fingerprint density at radius 3 is 2.22 bits per heavy atom. The number of nitrogens with one attached hydrogen (secondary N) is 1. The molecule has 0 spiro atoms. The Kier molecular flexibility index (Phi) is 8.43. The Balaban J connectivity index is 1.20. The lowest BCUT2D eigenvalue weighted by atomic mass is 10.1. The van der Waals surface area contributed by atoms with E-state index in [2.05, 4.69) is 34.4 Å². The summed E-state index contributed by atoms with van der Waals surface area (Å²) < 4.78 is 51.6. The maximum absolute atomic E-state index is 13.0. The van der Waals surface area contributed by atoms with Crippen LogP contribution >= 0.6 is 15.6 Å². The average Bonchev–Trinajstić information content (AvgIpc) is 3.73. The summed E-state index contributed by atoms with van der Waals surface area (Å²) in [4.78, 5) is 69.2. The first-order chi connectivity index (χ1) is 21.6. The maximum Gasteiger partial charge on any atom is 0.280 e. The maximum atomic E-state index is 13.0. The fourth-order valence-corrected chi connectivity index (χ4v) is 6.23. The number of nitrogens with two attached hydrogens (primary N) is 2. The van der Waals surface area contributed by atoms with Gasteiger partial charge in [-0.2, -0.15) is 4.98 Å². The van der Waals surface area contributed by atoms with Crippen molar-refractivity contribution in [3.63, 3.8) is 0 Å². The zero-order chi connectivity index (χ0) is 33.1. The van der Waals surface area contributed by atoms with E-state index in [1.165, 1.54) is 10.9 Å². The first-order valence-corrected chi connectivity index (χ1v) is 15.9. The van der Waals surface area contributed by atoms with E-state index < -0.39 is 83.5 Å². The smallest absolute Gasteiger partial charge is 0.280 e. The molecule has 24 nitrogen and oxygen atoms in total. The quantitative estimate of drug-likeness (QED) is 0.0846. The molecule has 26 heteroatoms. The number of anilines is 2. The summed E-state index contributed by atoms with van der Waals surface area (Å²) in [5.41, 5.74) is 10.4. The number of aliphatic hydroxyl groups excluding tert-OH is 3. The van der Waals surface area contributed by atoms with Gasteiger partial charge in [-0.3, -0.25) is 23.5 Å². The van der Waals surface area contributed by atoms with Crippen LogP contribution < -0.4 is 31.7 Å². The summed E-state index contributed by atoms with van der Waals surface area (Å²) in [6, 6.07) is 0. The van der Waals surface area contributed by atoms with Crippen LogP contribution in [-0.4, -0.2) is 104 Å². The van der Waals surface area contributed by atoms with Crippen molar-refractivity contribution in [1.29, 1.82) is 0 Å². The Morgan fingerprint density at radius 2 is 1.50 bits per heavy atom. The number of aromatic nitrogens is 8. The van der Waals surface area contributed by atoms with Gasteiger partial charge in [0.1, 0.15) is 48.5 Å². The van der Waals surface area contributed by atoms with Crippen molar-refractivity contribution >= 4 is 49.7 Å². The molecule has 0 radical (unpaired) electrons. The zero-order valence-corrected chi connectivity index (χ0v) is 24.6. The standard InChI is InChI=1S/C20H26N10O14P2/c21-14-8-15(24-3-23-14)29(4-25-8)18-12(33)10(31)6(42-18)2-41-46(38,39)44-13-11(32)7(1-40-45(35,36)37)43-19(13)30-5-26-9-16(30)27-20(22)28-17(9)34/h3-7,10-13,18-19,31-33H,1-2H2,(H,38,39)(H2,21,23,24)(H2,35,36,37)(H3,22,27,28,34)/p-3/t6-,7-,10-,11-,12-,13-,18-,19-/m1/s1. The lowest BCUT2D eigenvalue weighted by Crippen LogP contribution is -2.37. The number of rotatable bonds is 10. The third kappa shape index (κ3) is 6.14. The van der Waals surface area contributed by atoms with Crippen molar-refractivity contribution in [3.8, 4) is 0 Å². The first-order valence-electron chi connectivity index (χ1n) is 12.9. The number of hydrogen-bond acceptors (Lipinski definition) is 21. The molecule has 0 saturated carbocycles. The van der Waals surface area contributed by atoms with Gasteiger partial charge in [-0.15, -0.1) is 0 Å². The first kappa shape index (κ1) is 32.5. The van der Waals surface area contributed by atoms with E-state index in [1.54, 1.807) is 0 Å². The highest BCUT2D eigenvalue weighted by Crippen LogP contribution is 2.47. The second-order valence-corrected chi connectivity index (χ2v) is 12.5. The predicted molar refractivity (Wildman–Crippen MR) is 140 cm³/mol. The number of nitrogens with zero attached hydrogens (tertiary/aromatic N) is 7. The number of H-pyrrole nitrogens is 1. The predicted octanol–water partition coefficient (Wildman–Crippen LogP) is -5.28. The van der Waals surface area contributed by atoms with E-state index in [4.69, 9.17) is 30.0 Å². The number of fused-ring (bicyclic) bond motifs is 2. The van der Waals surface area contributed by atoms with Crippen molar-refractivity contribution in [1.82, 2.24) is 39.0 Å². The Bertz CT molecular complexity index is 1910. The van der Waals surface area contributed by atoms with Gasteiger partial charge in [0, 0.05) is 0 Å². The topological polar surface area (TPSA) is 369 Å². The summed E-state index contributed by atoms with van der Waals surface area (Å²) >= 11 is 0. The highest BCUT2D eigenvalue weighted by molar-refractivity contribution is 7.45. The molecule has 4 aromatic heterocycles. The molecule has 2 fully saturated rings. The second-order valence-electron chi connectivity index (χ2n) is 10.0. The van der Waals surface area contributed by atoms with Crippen LogP contribution in [0.2, 0.25) is 0 Å². The number of phosphoric ester groups is 2. The van der Waals surface area contributed by atoms with E-state index >= 15 is 0 Å². The minimum atomic E-state index is -5.55. The highest BCUT2D eigenvalue weighted by atomic mass is 31.2. The summed E-state index contributed by atoms with van der Waals surface area (Å²) in [6.45, 7) is -1.95. The van der Waals surface area contributed by atoms with Gasteiger partial charge in [-0.05, 0) is 0 Å². The second kappa shape index (κ2) is 12.0. The molecule has 9 atom stereocenters. The van der Waals surface area contributed by atoms with E-state index in [0.29, 0.717) is 0 Å². The van der Waals surface area contributed by atoms with Gasteiger partial charge in [-0.25, -0.2) is 19.9 Å².